The van der Waals surface area contributed by atoms with E-state index in [4.69, 9.17) is 4.74 Å². The van der Waals surface area contributed by atoms with Crippen LogP contribution in [-0.2, 0) is 6.42 Å². The van der Waals surface area contributed by atoms with Crippen LogP contribution in [0.25, 0.3) is 27.5 Å². The summed E-state index contributed by atoms with van der Waals surface area (Å²) >= 11 is 3.60. The van der Waals surface area contributed by atoms with Gasteiger partial charge in [0.05, 0.1) is 22.8 Å². The lowest BCUT2D eigenvalue weighted by Crippen LogP contribution is -2.14. The van der Waals surface area contributed by atoms with Crippen molar-refractivity contribution >= 4 is 49.3 Å². The first kappa shape index (κ1) is 22.1. The normalized spacial score (nSPS) is 11.2. The molecule has 0 saturated heterocycles. The maximum atomic E-state index is 13.3. The predicted molar refractivity (Wildman–Crippen MR) is 139 cm³/mol. The topological polar surface area (TPSA) is 69.0 Å². The molecule has 1 N–H and O–H groups in total. The molecule has 1 amide bonds. The second-order valence-electron chi connectivity index (χ2n) is 8.11. The van der Waals surface area contributed by atoms with E-state index in [1.807, 2.05) is 61.5 Å². The van der Waals surface area contributed by atoms with Crippen molar-refractivity contribution in [1.29, 1.82) is 0 Å². The Morgan fingerprint density at radius 3 is 2.44 bits per heavy atom. The Labute approximate surface area is 205 Å². The van der Waals surface area contributed by atoms with Crippen LogP contribution in [0.3, 0.4) is 0 Å². The first-order chi connectivity index (χ1) is 16.5. The highest BCUT2D eigenvalue weighted by molar-refractivity contribution is 9.10. The number of carbonyl (C=O) groups excluding carboxylic acids is 1. The van der Waals surface area contributed by atoms with Crippen molar-refractivity contribution in [3.8, 4) is 11.4 Å². The van der Waals surface area contributed by atoms with Gasteiger partial charge >= 0.3 is 0 Å². The van der Waals surface area contributed by atoms with E-state index in [0.717, 1.165) is 38.4 Å². The first-order valence-corrected chi connectivity index (χ1v) is 11.8. The Kier molecular flexibility index (Phi) is 5.79. The number of nitrogens with one attached hydrogen (secondary N) is 1. The molecule has 0 saturated carbocycles. The lowest BCUT2D eigenvalue weighted by molar-refractivity contribution is 0.102. The second-order valence-corrected chi connectivity index (χ2v) is 8.90. The second kappa shape index (κ2) is 8.91. The Morgan fingerprint density at radius 2 is 1.74 bits per heavy atom. The molecule has 0 unspecified atom stereocenters. The third kappa shape index (κ3) is 3.92. The van der Waals surface area contributed by atoms with Crippen molar-refractivity contribution in [2.24, 2.45) is 0 Å². The van der Waals surface area contributed by atoms with Crippen molar-refractivity contribution < 1.29 is 9.53 Å². The number of ether oxygens (including phenoxy) is 1. The van der Waals surface area contributed by atoms with Crippen molar-refractivity contribution in [1.82, 2.24) is 15.0 Å². The molecule has 0 atom stereocenters. The SMILES string of the molecule is CCc1ccc(-n2nc3cc(C)c(NC(=O)c4cc5ccccc5c(Br)c4OC)cc3n2)cc1. The molecule has 34 heavy (non-hydrogen) atoms. The summed E-state index contributed by atoms with van der Waals surface area (Å²) in [4.78, 5) is 14.9. The van der Waals surface area contributed by atoms with Gasteiger partial charge < -0.3 is 10.1 Å². The Balaban J connectivity index is 1.50. The van der Waals surface area contributed by atoms with Gasteiger partial charge in [-0.15, -0.1) is 10.2 Å². The number of carbonyl (C=O) groups is 1. The van der Waals surface area contributed by atoms with Crippen molar-refractivity contribution in [2.75, 3.05) is 12.4 Å². The van der Waals surface area contributed by atoms with E-state index in [-0.39, 0.29) is 5.91 Å². The highest BCUT2D eigenvalue weighted by atomic mass is 79.9. The Hall–Kier alpha value is -3.71. The van der Waals surface area contributed by atoms with Gasteiger partial charge in [0.2, 0.25) is 0 Å². The number of rotatable bonds is 5. The predicted octanol–water partition coefficient (Wildman–Crippen LogP) is 6.47. The molecule has 6 nitrogen and oxygen atoms in total. The van der Waals surface area contributed by atoms with E-state index < -0.39 is 0 Å². The fourth-order valence-electron chi connectivity index (χ4n) is 4.03. The van der Waals surface area contributed by atoms with E-state index in [1.165, 1.54) is 5.56 Å². The molecule has 5 rings (SSSR count). The fourth-order valence-corrected chi connectivity index (χ4v) is 4.76. The summed E-state index contributed by atoms with van der Waals surface area (Å²) in [6, 6.07) is 21.7. The fraction of sp³-hybridized carbons (Fsp3) is 0.148. The van der Waals surface area contributed by atoms with Crippen LogP contribution in [-0.4, -0.2) is 28.0 Å². The van der Waals surface area contributed by atoms with E-state index in [0.29, 0.717) is 22.5 Å². The molecular weight excluding hydrogens is 492 g/mol. The third-order valence-electron chi connectivity index (χ3n) is 5.94. The summed E-state index contributed by atoms with van der Waals surface area (Å²) in [6.07, 6.45) is 0.982. The minimum atomic E-state index is -0.256. The van der Waals surface area contributed by atoms with Gasteiger partial charge in [-0.1, -0.05) is 43.3 Å². The molecule has 1 aromatic heterocycles. The van der Waals surface area contributed by atoms with Crippen LogP contribution >= 0.6 is 15.9 Å². The van der Waals surface area contributed by atoms with Crippen LogP contribution < -0.4 is 10.1 Å². The average Bonchev–Trinajstić information content (AvgIpc) is 3.26. The van der Waals surface area contributed by atoms with Crippen molar-refractivity contribution in [3.63, 3.8) is 0 Å². The van der Waals surface area contributed by atoms with E-state index in [9.17, 15) is 4.79 Å². The van der Waals surface area contributed by atoms with Gasteiger partial charge in [-0.25, -0.2) is 0 Å². The largest absolute Gasteiger partial charge is 0.495 e. The molecule has 0 aliphatic carbocycles. The lowest BCUT2D eigenvalue weighted by atomic mass is 10.0. The number of anilines is 1. The molecule has 0 fully saturated rings. The lowest BCUT2D eigenvalue weighted by Gasteiger charge is -2.14. The molecule has 0 aliphatic heterocycles. The maximum absolute atomic E-state index is 13.3. The molecule has 0 spiro atoms. The van der Waals surface area contributed by atoms with Gasteiger partial charge in [0.15, 0.2) is 0 Å². The molecule has 1 heterocycles. The van der Waals surface area contributed by atoms with Gasteiger partial charge in [0.1, 0.15) is 16.8 Å². The maximum Gasteiger partial charge on any atom is 0.259 e. The van der Waals surface area contributed by atoms with Crippen LogP contribution in [0.2, 0.25) is 0 Å². The Bertz CT molecular complexity index is 1540. The number of aromatic nitrogens is 3. The number of hydrogen-bond acceptors (Lipinski definition) is 4. The third-order valence-corrected chi connectivity index (χ3v) is 6.73. The number of fused-ring (bicyclic) bond motifs is 2. The van der Waals surface area contributed by atoms with Crippen LogP contribution in [0.4, 0.5) is 5.69 Å². The van der Waals surface area contributed by atoms with Gasteiger partial charge in [-0.3, -0.25) is 4.79 Å². The van der Waals surface area contributed by atoms with Gasteiger partial charge in [0.25, 0.3) is 5.91 Å². The van der Waals surface area contributed by atoms with Crippen molar-refractivity contribution in [2.45, 2.75) is 20.3 Å². The minimum absolute atomic E-state index is 0.256. The van der Waals surface area contributed by atoms with Gasteiger partial charge in [0, 0.05) is 5.69 Å². The zero-order valence-corrected chi connectivity index (χ0v) is 20.7. The van der Waals surface area contributed by atoms with Crippen LogP contribution in [0.1, 0.15) is 28.4 Å². The van der Waals surface area contributed by atoms with E-state index in [2.05, 4.69) is 50.5 Å². The quantitative estimate of drug-likeness (QED) is 0.291. The molecule has 4 aromatic carbocycles. The van der Waals surface area contributed by atoms with Crippen LogP contribution in [0.5, 0.6) is 5.75 Å². The number of methoxy groups -OCH3 is 1. The van der Waals surface area contributed by atoms with E-state index in [1.54, 1.807) is 11.9 Å². The number of hydrogen-bond donors (Lipinski definition) is 1. The molecule has 0 aliphatic rings. The van der Waals surface area contributed by atoms with Crippen LogP contribution in [0.15, 0.2) is 71.2 Å². The standard InChI is InChI=1S/C27H23BrN4O2/c1-4-17-9-11-19(12-10-17)32-30-23-13-16(2)22(15-24(23)31-32)29-27(33)21-14-18-7-5-6-8-20(18)25(28)26(21)34-3/h5-15H,4H2,1-3H3,(H,29,33). The zero-order chi connectivity index (χ0) is 23.8. The first-order valence-electron chi connectivity index (χ1n) is 11.0. The Morgan fingerprint density at radius 1 is 1.03 bits per heavy atom. The van der Waals surface area contributed by atoms with Crippen molar-refractivity contribution in [3.05, 3.63) is 87.9 Å². The van der Waals surface area contributed by atoms with E-state index >= 15 is 0 Å². The summed E-state index contributed by atoms with van der Waals surface area (Å²) in [5.41, 5.74) is 5.64. The monoisotopic (exact) mass is 514 g/mol. The summed E-state index contributed by atoms with van der Waals surface area (Å²) < 4.78 is 6.33. The summed E-state index contributed by atoms with van der Waals surface area (Å²) in [7, 11) is 1.56. The number of nitrogens with zero attached hydrogens (tertiary/aromatic N) is 3. The summed E-state index contributed by atoms with van der Waals surface area (Å²) in [6.45, 7) is 4.07. The molecular formula is C27H23BrN4O2. The molecule has 5 aromatic rings. The number of halogens is 1. The summed E-state index contributed by atoms with van der Waals surface area (Å²) in [5, 5.41) is 14.2. The van der Waals surface area contributed by atoms with Gasteiger partial charge in [-0.2, -0.15) is 4.80 Å². The molecule has 7 heteroatoms. The smallest absolute Gasteiger partial charge is 0.259 e. The number of benzene rings is 4. The summed E-state index contributed by atoms with van der Waals surface area (Å²) in [5.74, 6) is 0.240. The molecule has 170 valence electrons. The number of amides is 1. The zero-order valence-electron chi connectivity index (χ0n) is 19.1. The highest BCUT2D eigenvalue weighted by Crippen LogP contribution is 2.37. The average molecular weight is 515 g/mol. The minimum Gasteiger partial charge on any atom is -0.495 e. The molecule has 0 bridgehead atoms. The highest BCUT2D eigenvalue weighted by Gasteiger charge is 2.19. The van der Waals surface area contributed by atoms with Crippen LogP contribution in [0, 0.1) is 6.92 Å². The number of aryl methyl sites for hydroxylation is 2. The molecule has 0 radical (unpaired) electrons. The van der Waals surface area contributed by atoms with Gasteiger partial charge in [-0.05, 0) is 81.5 Å².